The third-order valence-electron chi connectivity index (χ3n) is 4.89. The van der Waals surface area contributed by atoms with E-state index in [-0.39, 0.29) is 11.8 Å². The maximum atomic E-state index is 12.3. The van der Waals surface area contributed by atoms with Gasteiger partial charge in [0.2, 0.25) is 5.91 Å². The van der Waals surface area contributed by atoms with Gasteiger partial charge in [-0.15, -0.1) is 11.3 Å². The number of thiophene rings is 1. The van der Waals surface area contributed by atoms with Crippen molar-refractivity contribution in [2.75, 3.05) is 26.2 Å². The minimum atomic E-state index is 0.105. The van der Waals surface area contributed by atoms with Crippen LogP contribution in [0.15, 0.2) is 17.5 Å². The van der Waals surface area contributed by atoms with Gasteiger partial charge in [0.15, 0.2) is 0 Å². The Bertz CT molecular complexity index is 501. The van der Waals surface area contributed by atoms with Crippen LogP contribution in [0.5, 0.6) is 0 Å². The summed E-state index contributed by atoms with van der Waals surface area (Å²) < 4.78 is 0. The Morgan fingerprint density at radius 3 is 2.41 bits per heavy atom. The third-order valence-corrected chi connectivity index (χ3v) is 5.75. The van der Waals surface area contributed by atoms with E-state index in [1.807, 2.05) is 27.3 Å². The molecule has 0 unspecified atom stereocenters. The van der Waals surface area contributed by atoms with Gasteiger partial charge in [-0.1, -0.05) is 31.7 Å². The Labute approximate surface area is 136 Å². The van der Waals surface area contributed by atoms with E-state index >= 15 is 0 Å². The Morgan fingerprint density at radius 2 is 1.77 bits per heavy atom. The van der Waals surface area contributed by atoms with Crippen LogP contribution >= 0.6 is 11.3 Å². The quantitative estimate of drug-likeness (QED) is 0.855. The second-order valence-electron chi connectivity index (χ2n) is 6.34. The first-order chi connectivity index (χ1) is 10.7. The molecule has 2 aliphatic rings. The van der Waals surface area contributed by atoms with Gasteiger partial charge in [-0.05, 0) is 23.8 Å². The van der Waals surface area contributed by atoms with Crippen LogP contribution in [0.25, 0.3) is 0 Å². The summed E-state index contributed by atoms with van der Waals surface area (Å²) in [7, 11) is 0. The highest BCUT2D eigenvalue weighted by atomic mass is 32.1. The van der Waals surface area contributed by atoms with Crippen LogP contribution in [-0.4, -0.2) is 47.8 Å². The van der Waals surface area contributed by atoms with Gasteiger partial charge in [0.05, 0.1) is 4.88 Å². The number of carbonyl (C=O) groups is 2. The lowest BCUT2D eigenvalue weighted by molar-refractivity contribution is -0.133. The summed E-state index contributed by atoms with van der Waals surface area (Å²) >= 11 is 1.48. The van der Waals surface area contributed by atoms with E-state index in [0.717, 1.165) is 17.2 Å². The largest absolute Gasteiger partial charge is 0.339 e. The molecular weight excluding hydrogens is 296 g/mol. The lowest BCUT2D eigenvalue weighted by Crippen LogP contribution is -2.50. The highest BCUT2D eigenvalue weighted by Gasteiger charge is 2.25. The molecule has 4 nitrogen and oxygen atoms in total. The summed E-state index contributed by atoms with van der Waals surface area (Å²) in [6, 6.07) is 3.77. The van der Waals surface area contributed by atoms with Gasteiger partial charge >= 0.3 is 0 Å². The van der Waals surface area contributed by atoms with E-state index in [0.29, 0.717) is 32.6 Å². The molecule has 1 aliphatic carbocycles. The van der Waals surface area contributed by atoms with Gasteiger partial charge in [0.25, 0.3) is 5.91 Å². The van der Waals surface area contributed by atoms with Crippen molar-refractivity contribution >= 4 is 23.2 Å². The van der Waals surface area contributed by atoms with E-state index in [1.54, 1.807) is 0 Å². The molecule has 1 aromatic heterocycles. The van der Waals surface area contributed by atoms with Crippen LogP contribution in [0.1, 0.15) is 48.2 Å². The van der Waals surface area contributed by atoms with Gasteiger partial charge in [-0.3, -0.25) is 9.59 Å². The SMILES string of the molecule is O=C(CCC1CCCC1)N1CCN(C(=O)c2cccs2)CC1. The molecule has 0 bridgehead atoms. The van der Waals surface area contributed by atoms with Gasteiger partial charge in [-0.2, -0.15) is 0 Å². The zero-order chi connectivity index (χ0) is 15.4. The molecule has 2 heterocycles. The second-order valence-corrected chi connectivity index (χ2v) is 7.29. The predicted octanol–water partition coefficient (Wildman–Crippen LogP) is 3.00. The number of carbonyl (C=O) groups excluding carboxylic acids is 2. The molecule has 22 heavy (non-hydrogen) atoms. The summed E-state index contributed by atoms with van der Waals surface area (Å²) in [6.45, 7) is 2.68. The number of rotatable bonds is 4. The monoisotopic (exact) mass is 320 g/mol. The molecule has 0 spiro atoms. The van der Waals surface area contributed by atoms with Crippen LogP contribution in [0.3, 0.4) is 0 Å². The van der Waals surface area contributed by atoms with Gasteiger partial charge in [0, 0.05) is 32.6 Å². The Hall–Kier alpha value is -1.36. The lowest BCUT2D eigenvalue weighted by atomic mass is 10.0. The van der Waals surface area contributed by atoms with E-state index in [2.05, 4.69) is 0 Å². The third kappa shape index (κ3) is 3.69. The normalized spacial score (nSPS) is 19.6. The van der Waals surface area contributed by atoms with Gasteiger partial charge in [0.1, 0.15) is 0 Å². The van der Waals surface area contributed by atoms with Crippen molar-refractivity contribution < 1.29 is 9.59 Å². The molecule has 1 saturated heterocycles. The van der Waals surface area contributed by atoms with Crippen molar-refractivity contribution in [3.05, 3.63) is 22.4 Å². The molecule has 0 radical (unpaired) electrons. The molecular formula is C17H24N2O2S. The predicted molar refractivity (Wildman–Crippen MR) is 88.0 cm³/mol. The first kappa shape index (κ1) is 15.5. The number of amides is 2. The number of nitrogens with zero attached hydrogens (tertiary/aromatic N) is 2. The summed E-state index contributed by atoms with van der Waals surface area (Å²) in [5.74, 6) is 1.15. The van der Waals surface area contributed by atoms with E-state index < -0.39 is 0 Å². The van der Waals surface area contributed by atoms with E-state index in [4.69, 9.17) is 0 Å². The molecule has 1 aromatic rings. The minimum absolute atomic E-state index is 0.105. The Morgan fingerprint density at radius 1 is 1.09 bits per heavy atom. The zero-order valence-corrected chi connectivity index (χ0v) is 13.8. The van der Waals surface area contributed by atoms with Crippen molar-refractivity contribution in [1.29, 1.82) is 0 Å². The van der Waals surface area contributed by atoms with Gasteiger partial charge < -0.3 is 9.80 Å². The first-order valence-corrected chi connectivity index (χ1v) is 9.22. The van der Waals surface area contributed by atoms with Crippen LogP contribution in [-0.2, 0) is 4.79 Å². The zero-order valence-electron chi connectivity index (χ0n) is 13.0. The molecule has 0 aromatic carbocycles. The highest BCUT2D eigenvalue weighted by Crippen LogP contribution is 2.28. The molecule has 5 heteroatoms. The van der Waals surface area contributed by atoms with E-state index in [9.17, 15) is 9.59 Å². The lowest BCUT2D eigenvalue weighted by Gasteiger charge is -2.34. The summed E-state index contributed by atoms with van der Waals surface area (Å²) in [4.78, 5) is 29.2. The molecule has 3 rings (SSSR count). The number of piperazine rings is 1. The van der Waals surface area contributed by atoms with Crippen LogP contribution in [0.4, 0.5) is 0 Å². The molecule has 0 N–H and O–H groups in total. The molecule has 1 aliphatic heterocycles. The van der Waals surface area contributed by atoms with E-state index in [1.165, 1.54) is 37.0 Å². The van der Waals surface area contributed by atoms with Crippen molar-refractivity contribution in [2.45, 2.75) is 38.5 Å². The Kier molecular flexibility index (Phi) is 5.13. The highest BCUT2D eigenvalue weighted by molar-refractivity contribution is 7.12. The van der Waals surface area contributed by atoms with Crippen molar-refractivity contribution in [3.63, 3.8) is 0 Å². The summed E-state index contributed by atoms with van der Waals surface area (Å²) in [5, 5.41) is 1.93. The molecule has 1 saturated carbocycles. The number of hydrogen-bond donors (Lipinski definition) is 0. The Balaban J connectivity index is 1.42. The fraction of sp³-hybridized carbons (Fsp3) is 0.647. The van der Waals surface area contributed by atoms with Crippen molar-refractivity contribution in [3.8, 4) is 0 Å². The average molecular weight is 320 g/mol. The minimum Gasteiger partial charge on any atom is -0.339 e. The first-order valence-electron chi connectivity index (χ1n) is 8.34. The maximum absolute atomic E-state index is 12.3. The van der Waals surface area contributed by atoms with Crippen LogP contribution in [0, 0.1) is 5.92 Å². The van der Waals surface area contributed by atoms with Crippen LogP contribution < -0.4 is 0 Å². The summed E-state index contributed by atoms with van der Waals surface area (Å²) in [5.41, 5.74) is 0. The number of hydrogen-bond acceptors (Lipinski definition) is 3. The van der Waals surface area contributed by atoms with Crippen molar-refractivity contribution in [2.24, 2.45) is 5.92 Å². The maximum Gasteiger partial charge on any atom is 0.264 e. The second kappa shape index (κ2) is 7.27. The van der Waals surface area contributed by atoms with Crippen molar-refractivity contribution in [1.82, 2.24) is 9.80 Å². The van der Waals surface area contributed by atoms with Crippen LogP contribution in [0.2, 0.25) is 0 Å². The standard InChI is InChI=1S/C17H24N2O2S/c20-16(8-7-14-4-1-2-5-14)18-9-11-19(12-10-18)17(21)15-6-3-13-22-15/h3,6,13-14H,1-2,4-5,7-12H2. The summed E-state index contributed by atoms with van der Waals surface area (Å²) in [6.07, 6.45) is 7.01. The fourth-order valence-corrected chi connectivity index (χ4v) is 4.19. The molecule has 120 valence electrons. The van der Waals surface area contributed by atoms with Gasteiger partial charge in [-0.25, -0.2) is 0 Å². The molecule has 0 atom stereocenters. The molecule has 2 fully saturated rings. The fourth-order valence-electron chi connectivity index (χ4n) is 3.50. The topological polar surface area (TPSA) is 40.6 Å². The molecule has 2 amide bonds. The average Bonchev–Trinajstić information content (AvgIpc) is 3.25. The smallest absolute Gasteiger partial charge is 0.264 e.